The molecule has 1 rings (SSSR count). The van der Waals surface area contributed by atoms with E-state index in [4.69, 9.17) is 15.2 Å². The van der Waals surface area contributed by atoms with Gasteiger partial charge < -0.3 is 15.2 Å². The summed E-state index contributed by atoms with van der Waals surface area (Å²) in [6, 6.07) is 9.78. The molecule has 96 valence electrons. The number of hydrogen-bond donors (Lipinski definition) is 1. The molecule has 0 spiro atoms. The van der Waals surface area contributed by atoms with Crippen molar-refractivity contribution >= 4 is 0 Å². The highest BCUT2D eigenvalue weighted by Gasteiger charge is 2.20. The van der Waals surface area contributed by atoms with Crippen LogP contribution < -0.4 is 10.5 Å². The first-order chi connectivity index (χ1) is 8.00. The fraction of sp³-hybridized carbons (Fsp3) is 0.571. The summed E-state index contributed by atoms with van der Waals surface area (Å²) in [4.78, 5) is 0. The third-order valence-corrected chi connectivity index (χ3v) is 2.65. The third kappa shape index (κ3) is 5.71. The van der Waals surface area contributed by atoms with Crippen LogP contribution >= 0.6 is 0 Å². The Labute approximate surface area is 104 Å². The molecule has 0 bridgehead atoms. The third-order valence-electron chi connectivity index (χ3n) is 2.65. The second-order valence-electron chi connectivity index (χ2n) is 5.21. The highest BCUT2D eigenvalue weighted by molar-refractivity contribution is 5.20. The van der Waals surface area contributed by atoms with Gasteiger partial charge in [0.2, 0.25) is 0 Å². The molecule has 3 heteroatoms. The van der Waals surface area contributed by atoms with Gasteiger partial charge in [0.1, 0.15) is 12.4 Å². The van der Waals surface area contributed by atoms with Crippen LogP contribution in [0.3, 0.4) is 0 Å². The van der Waals surface area contributed by atoms with Crippen LogP contribution in [0.5, 0.6) is 5.75 Å². The zero-order valence-electron chi connectivity index (χ0n) is 11.0. The van der Waals surface area contributed by atoms with Crippen molar-refractivity contribution in [3.8, 4) is 5.75 Å². The van der Waals surface area contributed by atoms with Crippen molar-refractivity contribution in [2.24, 2.45) is 11.1 Å². The van der Waals surface area contributed by atoms with E-state index in [1.807, 2.05) is 30.3 Å². The van der Waals surface area contributed by atoms with Crippen LogP contribution in [-0.2, 0) is 4.74 Å². The van der Waals surface area contributed by atoms with Crippen molar-refractivity contribution in [2.75, 3.05) is 19.8 Å². The molecule has 1 unspecified atom stereocenters. The van der Waals surface area contributed by atoms with Gasteiger partial charge in [-0.05, 0) is 17.5 Å². The molecule has 0 aliphatic heterocycles. The largest absolute Gasteiger partial charge is 0.491 e. The highest BCUT2D eigenvalue weighted by Crippen LogP contribution is 2.17. The van der Waals surface area contributed by atoms with E-state index in [9.17, 15) is 0 Å². The molecular weight excluding hydrogens is 214 g/mol. The van der Waals surface area contributed by atoms with E-state index >= 15 is 0 Å². The molecule has 0 fully saturated rings. The minimum absolute atomic E-state index is 0.0548. The molecule has 1 aromatic rings. The summed E-state index contributed by atoms with van der Waals surface area (Å²) in [7, 11) is 0. The van der Waals surface area contributed by atoms with Gasteiger partial charge in [-0.1, -0.05) is 39.0 Å². The van der Waals surface area contributed by atoms with E-state index in [1.54, 1.807) is 0 Å². The molecule has 1 atom stereocenters. The smallest absolute Gasteiger partial charge is 0.119 e. The summed E-state index contributed by atoms with van der Waals surface area (Å²) in [6.07, 6.45) is 0. The van der Waals surface area contributed by atoms with Gasteiger partial charge >= 0.3 is 0 Å². The van der Waals surface area contributed by atoms with Crippen molar-refractivity contribution in [1.82, 2.24) is 0 Å². The van der Waals surface area contributed by atoms with Gasteiger partial charge in [0.05, 0.1) is 13.2 Å². The number of benzene rings is 1. The predicted molar refractivity (Wildman–Crippen MR) is 70.2 cm³/mol. The van der Waals surface area contributed by atoms with Gasteiger partial charge in [0, 0.05) is 6.04 Å². The minimum Gasteiger partial charge on any atom is -0.491 e. The summed E-state index contributed by atoms with van der Waals surface area (Å²) < 4.78 is 11.0. The Morgan fingerprint density at radius 3 is 2.35 bits per heavy atom. The normalized spacial score (nSPS) is 13.4. The van der Waals surface area contributed by atoms with Crippen molar-refractivity contribution in [3.63, 3.8) is 0 Å². The first-order valence-electron chi connectivity index (χ1n) is 6.01. The molecular formula is C14H23NO2. The van der Waals surface area contributed by atoms with E-state index < -0.39 is 0 Å². The van der Waals surface area contributed by atoms with Gasteiger partial charge in [-0.2, -0.15) is 0 Å². The van der Waals surface area contributed by atoms with E-state index in [0.29, 0.717) is 19.8 Å². The van der Waals surface area contributed by atoms with Crippen LogP contribution in [0.2, 0.25) is 0 Å². The Hall–Kier alpha value is -1.06. The molecule has 3 nitrogen and oxygen atoms in total. The van der Waals surface area contributed by atoms with Crippen LogP contribution in [0.1, 0.15) is 20.8 Å². The van der Waals surface area contributed by atoms with E-state index in [0.717, 1.165) is 5.75 Å². The lowest BCUT2D eigenvalue weighted by Crippen LogP contribution is -2.39. The van der Waals surface area contributed by atoms with Crippen molar-refractivity contribution in [2.45, 2.75) is 26.8 Å². The van der Waals surface area contributed by atoms with Crippen LogP contribution in [0.15, 0.2) is 30.3 Å². The number of rotatable bonds is 6. The molecule has 0 aliphatic rings. The maximum atomic E-state index is 5.98. The predicted octanol–water partition coefficient (Wildman–Crippen LogP) is 2.46. The monoisotopic (exact) mass is 237 g/mol. The van der Waals surface area contributed by atoms with Crippen LogP contribution in [0.25, 0.3) is 0 Å². The summed E-state index contributed by atoms with van der Waals surface area (Å²) in [5.74, 6) is 0.871. The molecule has 0 radical (unpaired) electrons. The number of hydrogen-bond acceptors (Lipinski definition) is 3. The molecule has 17 heavy (non-hydrogen) atoms. The molecule has 0 saturated carbocycles. The lowest BCUT2D eigenvalue weighted by atomic mass is 9.88. The topological polar surface area (TPSA) is 44.5 Å². The van der Waals surface area contributed by atoms with Crippen LogP contribution in [0.4, 0.5) is 0 Å². The van der Waals surface area contributed by atoms with Gasteiger partial charge in [-0.15, -0.1) is 0 Å². The number of para-hydroxylation sites is 1. The quantitative estimate of drug-likeness (QED) is 0.773. The van der Waals surface area contributed by atoms with Crippen molar-refractivity contribution < 1.29 is 9.47 Å². The summed E-state index contributed by atoms with van der Waals surface area (Å²) >= 11 is 0. The van der Waals surface area contributed by atoms with Gasteiger partial charge in [0.25, 0.3) is 0 Å². The van der Waals surface area contributed by atoms with Gasteiger partial charge in [-0.3, -0.25) is 0 Å². The molecule has 0 amide bonds. The second kappa shape index (κ2) is 6.62. The summed E-state index contributed by atoms with van der Waals surface area (Å²) in [5, 5.41) is 0. The maximum Gasteiger partial charge on any atom is 0.119 e. The summed E-state index contributed by atoms with van der Waals surface area (Å²) in [6.45, 7) is 8.03. The number of nitrogens with two attached hydrogens (primary N) is 1. The zero-order valence-corrected chi connectivity index (χ0v) is 11.0. The fourth-order valence-corrected chi connectivity index (χ4v) is 1.20. The average Bonchev–Trinajstić information content (AvgIpc) is 2.28. The first-order valence-corrected chi connectivity index (χ1v) is 6.01. The Morgan fingerprint density at radius 2 is 1.76 bits per heavy atom. The Morgan fingerprint density at radius 1 is 1.12 bits per heavy atom. The van der Waals surface area contributed by atoms with Crippen molar-refractivity contribution in [3.05, 3.63) is 30.3 Å². The van der Waals surface area contributed by atoms with Crippen LogP contribution in [0, 0.1) is 5.41 Å². The molecule has 0 saturated heterocycles. The zero-order chi connectivity index (χ0) is 12.7. The first kappa shape index (κ1) is 14.0. The lowest BCUT2D eigenvalue weighted by molar-refractivity contribution is 0.0682. The summed E-state index contributed by atoms with van der Waals surface area (Å²) in [5.41, 5.74) is 6.06. The maximum absolute atomic E-state index is 5.98. The SMILES string of the molecule is CC(C)(C)C(N)COCCOc1ccccc1. The molecule has 0 aliphatic carbocycles. The van der Waals surface area contributed by atoms with Crippen LogP contribution in [-0.4, -0.2) is 25.9 Å². The van der Waals surface area contributed by atoms with E-state index in [2.05, 4.69) is 20.8 Å². The molecule has 0 heterocycles. The molecule has 1 aromatic carbocycles. The number of ether oxygens (including phenoxy) is 2. The Kier molecular flexibility index (Phi) is 5.45. The second-order valence-corrected chi connectivity index (χ2v) is 5.21. The highest BCUT2D eigenvalue weighted by atomic mass is 16.5. The van der Waals surface area contributed by atoms with Gasteiger partial charge in [0.15, 0.2) is 0 Å². The Bertz CT molecular complexity index is 306. The van der Waals surface area contributed by atoms with E-state index in [-0.39, 0.29) is 11.5 Å². The van der Waals surface area contributed by atoms with Gasteiger partial charge in [-0.25, -0.2) is 0 Å². The Balaban J connectivity index is 2.09. The minimum atomic E-state index is 0.0548. The molecule has 0 aromatic heterocycles. The van der Waals surface area contributed by atoms with Crippen molar-refractivity contribution in [1.29, 1.82) is 0 Å². The fourth-order valence-electron chi connectivity index (χ4n) is 1.20. The average molecular weight is 237 g/mol. The molecule has 2 N–H and O–H groups in total. The lowest BCUT2D eigenvalue weighted by Gasteiger charge is -2.26. The van der Waals surface area contributed by atoms with E-state index in [1.165, 1.54) is 0 Å². The standard InChI is InChI=1S/C14H23NO2/c1-14(2,3)13(15)11-16-9-10-17-12-7-5-4-6-8-12/h4-8,13H,9-11,15H2,1-3H3.